The fourth-order valence-electron chi connectivity index (χ4n) is 4.73. The molecule has 1 unspecified atom stereocenters. The Morgan fingerprint density at radius 1 is 1.18 bits per heavy atom. The van der Waals surface area contributed by atoms with Crippen LogP contribution in [0, 0.1) is 11.3 Å². The molecule has 2 aromatic heterocycles. The van der Waals surface area contributed by atoms with Crippen molar-refractivity contribution in [2.24, 2.45) is 5.73 Å². The van der Waals surface area contributed by atoms with E-state index in [1.807, 2.05) is 36.5 Å². The van der Waals surface area contributed by atoms with Crippen molar-refractivity contribution in [3.05, 3.63) is 65.5 Å². The van der Waals surface area contributed by atoms with E-state index in [-0.39, 0.29) is 5.76 Å². The van der Waals surface area contributed by atoms with Crippen molar-refractivity contribution >= 4 is 33.5 Å². The first kappa shape index (κ1) is 22.0. The zero-order valence-corrected chi connectivity index (χ0v) is 18.8. The second-order valence-corrected chi connectivity index (χ2v) is 8.80. The molecule has 4 aromatic rings. The highest BCUT2D eigenvalue weighted by Gasteiger charge is 2.19. The number of carbonyl (C=O) groups is 1. The average Bonchev–Trinajstić information content (AvgIpc) is 3.48. The highest BCUT2D eigenvalue weighted by molar-refractivity contribution is 5.95. The number of aliphatic hydroxyl groups excluding tert-OH is 1. The number of nitriles is 1. The van der Waals surface area contributed by atoms with E-state index in [2.05, 4.69) is 20.9 Å². The van der Waals surface area contributed by atoms with Crippen LogP contribution in [0.2, 0.25) is 0 Å². The second-order valence-electron chi connectivity index (χ2n) is 8.80. The number of hydrogen-bond donors (Lipinski definition) is 3. The zero-order chi connectivity index (χ0) is 23.7. The van der Waals surface area contributed by atoms with Gasteiger partial charge < -0.3 is 25.1 Å². The van der Waals surface area contributed by atoms with Gasteiger partial charge >= 0.3 is 0 Å². The Hall–Kier alpha value is -3.80. The molecule has 4 N–H and O–H groups in total. The lowest BCUT2D eigenvalue weighted by atomic mass is 10.0. The van der Waals surface area contributed by atoms with E-state index in [9.17, 15) is 9.90 Å². The number of benzene rings is 2. The number of primary amides is 1. The molecule has 0 radical (unpaired) electrons. The Morgan fingerprint density at radius 3 is 2.76 bits per heavy atom. The predicted octanol–water partition coefficient (Wildman–Crippen LogP) is 3.52. The van der Waals surface area contributed by atoms with Crippen LogP contribution in [-0.2, 0) is 0 Å². The normalized spacial score (nSPS) is 15.6. The number of piperazine rings is 1. The van der Waals surface area contributed by atoms with Gasteiger partial charge in [-0.15, -0.1) is 0 Å². The topological polar surface area (TPSA) is 123 Å². The van der Waals surface area contributed by atoms with Crippen LogP contribution in [0.15, 0.2) is 53.1 Å². The summed E-state index contributed by atoms with van der Waals surface area (Å²) in [7, 11) is 0. The van der Waals surface area contributed by atoms with E-state index in [1.54, 1.807) is 12.1 Å². The lowest BCUT2D eigenvalue weighted by Gasteiger charge is -2.36. The lowest BCUT2D eigenvalue weighted by Crippen LogP contribution is -2.46. The van der Waals surface area contributed by atoms with Crippen molar-refractivity contribution < 1.29 is 14.3 Å². The number of carbonyl (C=O) groups excluding carboxylic acids is 1. The molecule has 0 spiro atoms. The SMILES string of the molecule is N#Cc1ccc2[nH]cc(C(O)CCCN3CCN(c4ccc5oc(C(N)=O)cc5c4)CC3)c2c1. The number of fused-ring (bicyclic) bond motifs is 2. The van der Waals surface area contributed by atoms with Crippen LogP contribution in [0.4, 0.5) is 5.69 Å². The van der Waals surface area contributed by atoms with E-state index in [0.29, 0.717) is 17.6 Å². The third-order valence-corrected chi connectivity index (χ3v) is 6.63. The van der Waals surface area contributed by atoms with Gasteiger partial charge in [0.25, 0.3) is 5.91 Å². The van der Waals surface area contributed by atoms with Crippen molar-refractivity contribution in [1.82, 2.24) is 9.88 Å². The minimum Gasteiger partial charge on any atom is -0.451 e. The van der Waals surface area contributed by atoms with Crippen LogP contribution < -0.4 is 10.6 Å². The van der Waals surface area contributed by atoms with Crippen molar-refractivity contribution in [3.8, 4) is 6.07 Å². The van der Waals surface area contributed by atoms with Gasteiger partial charge in [0.1, 0.15) is 5.58 Å². The molecule has 3 heterocycles. The number of H-pyrrole nitrogens is 1. The molecule has 1 atom stereocenters. The third-order valence-electron chi connectivity index (χ3n) is 6.63. The van der Waals surface area contributed by atoms with Gasteiger partial charge in [0, 0.05) is 59.9 Å². The summed E-state index contributed by atoms with van der Waals surface area (Å²) in [6, 6.07) is 15.3. The number of amides is 1. The molecule has 34 heavy (non-hydrogen) atoms. The molecule has 8 heteroatoms. The van der Waals surface area contributed by atoms with Crippen molar-refractivity contribution in [2.45, 2.75) is 18.9 Å². The van der Waals surface area contributed by atoms with Crippen LogP contribution in [0.1, 0.15) is 40.6 Å². The van der Waals surface area contributed by atoms with Gasteiger partial charge in [-0.1, -0.05) is 0 Å². The summed E-state index contributed by atoms with van der Waals surface area (Å²) in [6.45, 7) is 4.65. The largest absolute Gasteiger partial charge is 0.451 e. The van der Waals surface area contributed by atoms with Gasteiger partial charge in [-0.2, -0.15) is 5.26 Å². The van der Waals surface area contributed by atoms with Crippen LogP contribution in [0.5, 0.6) is 0 Å². The number of rotatable bonds is 7. The van der Waals surface area contributed by atoms with Gasteiger partial charge in [-0.3, -0.25) is 9.69 Å². The fourth-order valence-corrected chi connectivity index (χ4v) is 4.73. The molecular weight excluding hydrogens is 430 g/mol. The Kier molecular flexibility index (Phi) is 5.97. The average molecular weight is 458 g/mol. The Bertz CT molecular complexity index is 1370. The number of aromatic amines is 1. The second kappa shape index (κ2) is 9.21. The van der Waals surface area contributed by atoms with Crippen molar-refractivity contribution in [1.29, 1.82) is 5.26 Å². The smallest absolute Gasteiger partial charge is 0.284 e. The Balaban J connectivity index is 1.13. The predicted molar refractivity (Wildman–Crippen MR) is 131 cm³/mol. The van der Waals surface area contributed by atoms with Crippen molar-refractivity contribution in [2.75, 3.05) is 37.6 Å². The maximum Gasteiger partial charge on any atom is 0.284 e. The number of aromatic nitrogens is 1. The highest BCUT2D eigenvalue weighted by atomic mass is 16.3. The van der Waals surface area contributed by atoms with Crippen LogP contribution in [0.25, 0.3) is 21.9 Å². The van der Waals surface area contributed by atoms with Crippen LogP contribution in [0.3, 0.4) is 0 Å². The summed E-state index contributed by atoms with van der Waals surface area (Å²) in [5.41, 5.74) is 9.47. The molecule has 2 aromatic carbocycles. The maximum atomic E-state index is 11.4. The van der Waals surface area contributed by atoms with Gasteiger partial charge in [0.15, 0.2) is 5.76 Å². The number of nitrogens with one attached hydrogen (secondary N) is 1. The molecule has 1 aliphatic rings. The quantitative estimate of drug-likeness (QED) is 0.390. The lowest BCUT2D eigenvalue weighted by molar-refractivity contribution is 0.0976. The van der Waals surface area contributed by atoms with E-state index < -0.39 is 12.0 Å². The zero-order valence-electron chi connectivity index (χ0n) is 18.8. The minimum atomic E-state index is -0.562. The number of anilines is 1. The van der Waals surface area contributed by atoms with Gasteiger partial charge in [0.05, 0.1) is 17.7 Å². The first-order chi connectivity index (χ1) is 16.5. The molecule has 1 aliphatic heterocycles. The third kappa shape index (κ3) is 4.36. The molecule has 174 valence electrons. The summed E-state index contributed by atoms with van der Waals surface area (Å²) in [6.07, 6.45) is 2.85. The van der Waals surface area contributed by atoms with Gasteiger partial charge in [-0.25, -0.2) is 0 Å². The summed E-state index contributed by atoms with van der Waals surface area (Å²) < 4.78 is 5.48. The number of hydrogen-bond acceptors (Lipinski definition) is 6. The Morgan fingerprint density at radius 2 is 2.00 bits per heavy atom. The van der Waals surface area contributed by atoms with E-state index in [4.69, 9.17) is 15.4 Å². The van der Waals surface area contributed by atoms with E-state index >= 15 is 0 Å². The van der Waals surface area contributed by atoms with E-state index in [0.717, 1.165) is 66.7 Å². The molecule has 1 amide bonds. The highest BCUT2D eigenvalue weighted by Crippen LogP contribution is 2.29. The minimum absolute atomic E-state index is 0.178. The monoisotopic (exact) mass is 457 g/mol. The number of nitrogens with zero attached hydrogens (tertiary/aromatic N) is 3. The fraction of sp³-hybridized carbons (Fsp3) is 0.308. The molecule has 0 saturated carbocycles. The number of nitrogens with two attached hydrogens (primary N) is 1. The summed E-state index contributed by atoms with van der Waals surface area (Å²) in [5, 5.41) is 21.7. The van der Waals surface area contributed by atoms with Crippen LogP contribution in [-0.4, -0.2) is 53.6 Å². The molecule has 1 fully saturated rings. The maximum absolute atomic E-state index is 11.4. The van der Waals surface area contributed by atoms with E-state index in [1.165, 1.54) is 0 Å². The first-order valence-corrected chi connectivity index (χ1v) is 11.5. The molecule has 0 aliphatic carbocycles. The summed E-state index contributed by atoms with van der Waals surface area (Å²) in [5.74, 6) is -0.384. The van der Waals surface area contributed by atoms with Crippen molar-refractivity contribution in [3.63, 3.8) is 0 Å². The standard InChI is InChI=1S/C26H27N5O3/c27-15-17-3-5-22-20(12-17)21(16-29-22)23(32)2-1-7-30-8-10-31(11-9-30)19-4-6-24-18(13-19)14-25(34-24)26(28)33/h3-6,12-14,16,23,29,32H,1-2,7-11H2,(H2,28,33). The molecule has 8 nitrogen and oxygen atoms in total. The summed E-state index contributed by atoms with van der Waals surface area (Å²) >= 11 is 0. The molecule has 5 rings (SSSR count). The van der Waals surface area contributed by atoms with Gasteiger partial charge in [-0.05, 0) is 61.9 Å². The molecular formula is C26H27N5O3. The summed E-state index contributed by atoms with van der Waals surface area (Å²) in [4.78, 5) is 19.3. The van der Waals surface area contributed by atoms with Crippen LogP contribution >= 0.6 is 0 Å². The van der Waals surface area contributed by atoms with Gasteiger partial charge in [0.2, 0.25) is 0 Å². The molecule has 1 saturated heterocycles. The number of furan rings is 1. The first-order valence-electron chi connectivity index (χ1n) is 11.5. The molecule has 0 bridgehead atoms. The Labute approximate surface area is 197 Å². The number of aliphatic hydroxyl groups is 1.